The first-order valence-corrected chi connectivity index (χ1v) is 8.50. The highest BCUT2D eigenvalue weighted by Crippen LogP contribution is 2.55. The van der Waals surface area contributed by atoms with Crippen LogP contribution in [0.5, 0.6) is 0 Å². The third-order valence-electron chi connectivity index (χ3n) is 5.84. The summed E-state index contributed by atoms with van der Waals surface area (Å²) >= 11 is 0. The normalized spacial score (nSPS) is 41.7. The number of hydrogen-bond acceptors (Lipinski definition) is 2. The van der Waals surface area contributed by atoms with Gasteiger partial charge in [0.2, 0.25) is 0 Å². The molecule has 0 atom stereocenters. The minimum atomic E-state index is 0.0598. The molecule has 5 fully saturated rings. The molecule has 4 nitrogen and oxygen atoms in total. The number of amides is 2. The van der Waals surface area contributed by atoms with Crippen molar-refractivity contribution in [2.45, 2.75) is 62.9 Å². The summed E-state index contributed by atoms with van der Waals surface area (Å²) in [6.45, 7) is 1.65. The average Bonchev–Trinajstić information content (AvgIpc) is 3.16. The molecule has 0 radical (unpaired) electrons. The fraction of sp³-hybridized carbons (Fsp3) is 0.938. The van der Waals surface area contributed by atoms with Crippen molar-refractivity contribution in [3.8, 4) is 0 Å². The fourth-order valence-electron chi connectivity index (χ4n) is 5.29. The zero-order valence-corrected chi connectivity index (χ0v) is 12.3. The summed E-state index contributed by atoms with van der Waals surface area (Å²) in [6, 6.07) is 0.785. The second-order valence-electron chi connectivity index (χ2n) is 7.81. The third kappa shape index (κ3) is 2.67. The predicted molar refractivity (Wildman–Crippen MR) is 78.5 cm³/mol. The van der Waals surface area contributed by atoms with Gasteiger partial charge in [0.25, 0.3) is 0 Å². The highest BCUT2D eigenvalue weighted by Gasteiger charge is 2.51. The smallest absolute Gasteiger partial charge is 0.315 e. The molecule has 0 heterocycles. The highest BCUT2D eigenvalue weighted by molar-refractivity contribution is 5.74. The molecule has 112 valence electrons. The molecule has 20 heavy (non-hydrogen) atoms. The molecular weight excluding hydrogens is 250 g/mol. The highest BCUT2D eigenvalue weighted by atomic mass is 16.2. The molecule has 0 saturated heterocycles. The van der Waals surface area contributed by atoms with Gasteiger partial charge < -0.3 is 16.0 Å². The van der Waals surface area contributed by atoms with Crippen LogP contribution in [0, 0.1) is 17.8 Å². The molecule has 3 N–H and O–H groups in total. The van der Waals surface area contributed by atoms with Crippen molar-refractivity contribution in [3.63, 3.8) is 0 Å². The van der Waals surface area contributed by atoms with E-state index in [1.54, 1.807) is 0 Å². The van der Waals surface area contributed by atoms with E-state index in [-0.39, 0.29) is 11.6 Å². The predicted octanol–water partition coefficient (Wildman–Crippen LogP) is 2.01. The molecule has 4 bridgehead atoms. The van der Waals surface area contributed by atoms with E-state index in [0.717, 1.165) is 36.9 Å². The number of carbonyl (C=O) groups is 1. The van der Waals surface area contributed by atoms with Crippen LogP contribution in [0.4, 0.5) is 4.79 Å². The van der Waals surface area contributed by atoms with E-state index in [2.05, 4.69) is 16.0 Å². The molecule has 5 aliphatic carbocycles. The molecule has 0 aromatic heterocycles. The van der Waals surface area contributed by atoms with Crippen molar-refractivity contribution < 1.29 is 4.79 Å². The van der Waals surface area contributed by atoms with Gasteiger partial charge in [-0.05, 0) is 69.1 Å². The molecule has 4 heteroatoms. The van der Waals surface area contributed by atoms with Gasteiger partial charge in [-0.3, -0.25) is 0 Å². The standard InChI is InChI=1S/C16H27N3O/c20-15(18-4-3-17-14-1-2-14)19-16-8-11-5-12(9-16)7-13(6-11)10-16/h11-14,17H,1-10H2,(H2,18,19,20). The Hall–Kier alpha value is -0.770. The largest absolute Gasteiger partial charge is 0.337 e. The summed E-state index contributed by atoms with van der Waals surface area (Å²) in [4.78, 5) is 12.1. The third-order valence-corrected chi connectivity index (χ3v) is 5.84. The second-order valence-corrected chi connectivity index (χ2v) is 7.81. The number of hydrogen-bond donors (Lipinski definition) is 3. The van der Waals surface area contributed by atoms with E-state index < -0.39 is 0 Å². The fourth-order valence-corrected chi connectivity index (χ4v) is 5.29. The minimum Gasteiger partial charge on any atom is -0.337 e. The van der Waals surface area contributed by atoms with Gasteiger partial charge in [-0.25, -0.2) is 4.79 Å². The topological polar surface area (TPSA) is 53.2 Å². The van der Waals surface area contributed by atoms with Crippen molar-refractivity contribution in [1.29, 1.82) is 0 Å². The van der Waals surface area contributed by atoms with Gasteiger partial charge in [0.15, 0.2) is 0 Å². The zero-order chi connectivity index (χ0) is 13.6. The maximum atomic E-state index is 12.1. The van der Waals surface area contributed by atoms with E-state index in [4.69, 9.17) is 0 Å². The SMILES string of the molecule is O=C(NCCNC1CC1)NC12CC3CC(CC(C3)C1)C2. The van der Waals surface area contributed by atoms with Crippen LogP contribution in [0.3, 0.4) is 0 Å². The molecular formula is C16H27N3O. The summed E-state index contributed by atoms with van der Waals surface area (Å²) in [7, 11) is 0. The number of rotatable bonds is 5. The van der Waals surface area contributed by atoms with E-state index in [1.165, 1.54) is 51.4 Å². The number of carbonyl (C=O) groups excluding carboxylic acids is 1. The lowest BCUT2D eigenvalue weighted by atomic mass is 9.53. The zero-order valence-electron chi connectivity index (χ0n) is 12.3. The Bertz CT molecular complexity index is 356. The average molecular weight is 277 g/mol. The van der Waals surface area contributed by atoms with E-state index >= 15 is 0 Å². The summed E-state index contributed by atoms with van der Waals surface area (Å²) in [6.07, 6.45) is 10.6. The molecule has 0 unspecified atom stereocenters. The lowest BCUT2D eigenvalue weighted by molar-refractivity contribution is -0.0135. The summed E-state index contributed by atoms with van der Waals surface area (Å²) in [5.41, 5.74) is 0.142. The Morgan fingerprint density at radius 3 is 2.10 bits per heavy atom. The van der Waals surface area contributed by atoms with Gasteiger partial charge in [0.05, 0.1) is 0 Å². The minimum absolute atomic E-state index is 0.0598. The Balaban J connectivity index is 1.26. The first-order valence-electron chi connectivity index (χ1n) is 8.50. The summed E-state index contributed by atoms with van der Waals surface area (Å²) in [5, 5.41) is 9.81. The van der Waals surface area contributed by atoms with Crippen LogP contribution in [0.1, 0.15) is 51.4 Å². The Kier molecular flexibility index (Phi) is 3.17. The van der Waals surface area contributed by atoms with Crippen molar-refractivity contribution in [3.05, 3.63) is 0 Å². The molecule has 0 aliphatic heterocycles. The van der Waals surface area contributed by atoms with Crippen molar-refractivity contribution in [2.75, 3.05) is 13.1 Å². The Morgan fingerprint density at radius 1 is 0.950 bits per heavy atom. The van der Waals surface area contributed by atoms with E-state index in [9.17, 15) is 4.79 Å². The quantitative estimate of drug-likeness (QED) is 0.673. The van der Waals surface area contributed by atoms with Gasteiger partial charge in [-0.15, -0.1) is 0 Å². The molecule has 0 spiro atoms. The van der Waals surface area contributed by atoms with Gasteiger partial charge in [-0.1, -0.05) is 0 Å². The van der Waals surface area contributed by atoms with Crippen molar-refractivity contribution >= 4 is 6.03 Å². The van der Waals surface area contributed by atoms with E-state index in [1.807, 2.05) is 0 Å². The monoisotopic (exact) mass is 277 g/mol. The van der Waals surface area contributed by atoms with Crippen molar-refractivity contribution in [1.82, 2.24) is 16.0 Å². The van der Waals surface area contributed by atoms with E-state index in [0.29, 0.717) is 0 Å². The molecule has 5 aliphatic rings. The molecule has 0 aromatic rings. The maximum Gasteiger partial charge on any atom is 0.315 e. The van der Waals surface area contributed by atoms with Gasteiger partial charge in [0.1, 0.15) is 0 Å². The molecule has 0 aromatic carbocycles. The van der Waals surface area contributed by atoms with Crippen LogP contribution in [0.25, 0.3) is 0 Å². The second kappa shape index (κ2) is 4.90. The Morgan fingerprint density at radius 2 is 1.55 bits per heavy atom. The lowest BCUT2D eigenvalue weighted by Crippen LogP contribution is -2.61. The van der Waals surface area contributed by atoms with Crippen LogP contribution < -0.4 is 16.0 Å². The summed E-state index contributed by atoms with van der Waals surface area (Å²) < 4.78 is 0. The number of urea groups is 1. The van der Waals surface area contributed by atoms with Crippen LogP contribution in [0.2, 0.25) is 0 Å². The lowest BCUT2D eigenvalue weighted by Gasteiger charge is -2.56. The van der Waals surface area contributed by atoms with Gasteiger partial charge in [0, 0.05) is 24.7 Å². The van der Waals surface area contributed by atoms with Gasteiger partial charge >= 0.3 is 6.03 Å². The van der Waals surface area contributed by atoms with Crippen LogP contribution in [-0.2, 0) is 0 Å². The van der Waals surface area contributed by atoms with Crippen LogP contribution in [0.15, 0.2) is 0 Å². The molecule has 5 saturated carbocycles. The first kappa shape index (κ1) is 12.9. The summed E-state index contributed by atoms with van der Waals surface area (Å²) in [5.74, 6) is 2.66. The van der Waals surface area contributed by atoms with Gasteiger partial charge in [-0.2, -0.15) is 0 Å². The van der Waals surface area contributed by atoms with Crippen molar-refractivity contribution in [2.24, 2.45) is 17.8 Å². The molecule has 2 amide bonds. The van der Waals surface area contributed by atoms with Crippen LogP contribution >= 0.6 is 0 Å². The first-order chi connectivity index (χ1) is 9.71. The van der Waals surface area contributed by atoms with Crippen LogP contribution in [-0.4, -0.2) is 30.7 Å². The maximum absolute atomic E-state index is 12.1. The number of nitrogens with one attached hydrogen (secondary N) is 3. The molecule has 5 rings (SSSR count). The Labute approximate surface area is 121 Å².